The molecule has 1 atom stereocenters. The number of rotatable bonds is 5. The second-order valence-corrected chi connectivity index (χ2v) is 7.35. The Labute approximate surface area is 155 Å². The Morgan fingerprint density at radius 2 is 1.80 bits per heavy atom. The van der Waals surface area contributed by atoms with Crippen molar-refractivity contribution < 1.29 is 4.79 Å². The third-order valence-electron chi connectivity index (χ3n) is 4.08. The molecule has 0 spiro atoms. The number of benzene rings is 2. The number of carbonyl (C=O) groups is 1. The van der Waals surface area contributed by atoms with Gasteiger partial charge in [0.1, 0.15) is 0 Å². The van der Waals surface area contributed by atoms with Gasteiger partial charge >= 0.3 is 0 Å². The molecule has 132 valence electrons. The molecule has 0 bridgehead atoms. The lowest BCUT2D eigenvalue weighted by Gasteiger charge is -2.11. The van der Waals surface area contributed by atoms with E-state index in [9.17, 15) is 4.79 Å². The zero-order valence-corrected chi connectivity index (χ0v) is 16.3. The molecule has 0 aliphatic rings. The summed E-state index contributed by atoms with van der Waals surface area (Å²) in [5, 5.41) is 3.70. The first-order chi connectivity index (χ1) is 11.8. The fourth-order valence-electron chi connectivity index (χ4n) is 2.78. The molecule has 0 aromatic heterocycles. The summed E-state index contributed by atoms with van der Waals surface area (Å²) in [6.07, 6.45) is 4.26. The SMILES string of the molecule is Cc1cc(Cl)cc(C(C)/C=C/c2ccc(C(=O)NC(C)C)c(C)c2)c1. The summed E-state index contributed by atoms with van der Waals surface area (Å²) in [5.41, 5.74) is 5.16. The number of hydrogen-bond donors (Lipinski definition) is 1. The highest BCUT2D eigenvalue weighted by atomic mass is 35.5. The molecule has 2 aromatic rings. The van der Waals surface area contributed by atoms with Gasteiger partial charge < -0.3 is 5.32 Å². The summed E-state index contributed by atoms with van der Waals surface area (Å²) in [5.74, 6) is 0.243. The van der Waals surface area contributed by atoms with Gasteiger partial charge in [0.05, 0.1) is 0 Å². The van der Waals surface area contributed by atoms with Gasteiger partial charge in [-0.15, -0.1) is 0 Å². The molecule has 2 aromatic carbocycles. The second-order valence-electron chi connectivity index (χ2n) is 6.91. The van der Waals surface area contributed by atoms with Gasteiger partial charge in [0, 0.05) is 16.6 Å². The Morgan fingerprint density at radius 1 is 1.08 bits per heavy atom. The van der Waals surface area contributed by atoms with E-state index in [4.69, 9.17) is 11.6 Å². The molecule has 0 aliphatic heterocycles. The van der Waals surface area contributed by atoms with E-state index < -0.39 is 0 Å². The van der Waals surface area contributed by atoms with Crippen LogP contribution in [0.15, 0.2) is 42.5 Å². The van der Waals surface area contributed by atoms with Crippen LogP contribution >= 0.6 is 11.6 Å². The number of aryl methyl sites for hydroxylation is 2. The topological polar surface area (TPSA) is 29.1 Å². The predicted molar refractivity (Wildman–Crippen MR) is 107 cm³/mol. The molecule has 0 saturated heterocycles. The molecule has 0 aliphatic carbocycles. The van der Waals surface area contributed by atoms with Crippen LogP contribution in [0.4, 0.5) is 0 Å². The van der Waals surface area contributed by atoms with Gasteiger partial charge in [-0.1, -0.05) is 48.9 Å². The average molecular weight is 356 g/mol. The molecular weight excluding hydrogens is 330 g/mol. The second kappa shape index (κ2) is 8.35. The third-order valence-corrected chi connectivity index (χ3v) is 4.30. The molecule has 0 fully saturated rings. The van der Waals surface area contributed by atoms with Crippen LogP contribution in [0.2, 0.25) is 5.02 Å². The summed E-state index contributed by atoms with van der Waals surface area (Å²) in [6.45, 7) is 10.1. The van der Waals surface area contributed by atoms with Gasteiger partial charge in [0.2, 0.25) is 0 Å². The molecule has 25 heavy (non-hydrogen) atoms. The number of halogens is 1. The Kier molecular flexibility index (Phi) is 6.44. The van der Waals surface area contributed by atoms with Gasteiger partial charge in [-0.3, -0.25) is 4.79 Å². The van der Waals surface area contributed by atoms with E-state index in [1.54, 1.807) is 0 Å². The van der Waals surface area contributed by atoms with Crippen LogP contribution in [-0.2, 0) is 0 Å². The Morgan fingerprint density at radius 3 is 2.40 bits per heavy atom. The largest absolute Gasteiger partial charge is 0.350 e. The summed E-state index contributed by atoms with van der Waals surface area (Å²) < 4.78 is 0. The molecule has 1 amide bonds. The van der Waals surface area contributed by atoms with Crippen molar-refractivity contribution in [2.75, 3.05) is 0 Å². The maximum atomic E-state index is 12.2. The lowest BCUT2D eigenvalue weighted by atomic mass is 9.97. The first-order valence-corrected chi connectivity index (χ1v) is 9.01. The van der Waals surface area contributed by atoms with E-state index in [1.165, 1.54) is 11.1 Å². The van der Waals surface area contributed by atoms with Crippen LogP contribution in [0, 0.1) is 13.8 Å². The summed E-state index contributed by atoms with van der Waals surface area (Å²) >= 11 is 6.15. The number of nitrogens with one attached hydrogen (secondary N) is 1. The number of carbonyl (C=O) groups excluding carboxylic acids is 1. The highest BCUT2D eigenvalue weighted by Crippen LogP contribution is 2.23. The number of amides is 1. The predicted octanol–water partition coefficient (Wildman–Crippen LogP) is 5.91. The first kappa shape index (κ1) is 19.3. The monoisotopic (exact) mass is 355 g/mol. The lowest BCUT2D eigenvalue weighted by molar-refractivity contribution is 0.0942. The highest BCUT2D eigenvalue weighted by molar-refractivity contribution is 6.30. The van der Waals surface area contributed by atoms with Crippen molar-refractivity contribution in [1.29, 1.82) is 0 Å². The van der Waals surface area contributed by atoms with Gasteiger partial charge in [-0.25, -0.2) is 0 Å². The van der Waals surface area contributed by atoms with Crippen LogP contribution in [-0.4, -0.2) is 11.9 Å². The van der Waals surface area contributed by atoms with Crippen LogP contribution in [0.5, 0.6) is 0 Å². The molecular formula is C22H26ClNO. The van der Waals surface area contributed by atoms with Crippen LogP contribution < -0.4 is 5.32 Å². The van der Waals surface area contributed by atoms with Crippen LogP contribution in [0.3, 0.4) is 0 Å². The van der Waals surface area contributed by atoms with Crippen molar-refractivity contribution in [2.24, 2.45) is 0 Å². The molecule has 1 unspecified atom stereocenters. The average Bonchev–Trinajstić information content (AvgIpc) is 2.50. The van der Waals surface area contributed by atoms with Crippen molar-refractivity contribution in [2.45, 2.75) is 46.6 Å². The van der Waals surface area contributed by atoms with E-state index in [1.807, 2.05) is 51.1 Å². The maximum absolute atomic E-state index is 12.2. The Bertz CT molecular complexity index is 772. The van der Waals surface area contributed by atoms with Gasteiger partial charge in [-0.2, -0.15) is 0 Å². The third kappa shape index (κ3) is 5.47. The Hall–Kier alpha value is -2.06. The standard InChI is InChI=1S/C22H26ClNO/c1-14(2)24-22(25)21-9-8-18(12-17(21)5)7-6-16(4)19-10-15(3)11-20(23)13-19/h6-14,16H,1-5H3,(H,24,25)/b7-6+. The van der Waals surface area contributed by atoms with Crippen molar-refractivity contribution in [3.8, 4) is 0 Å². The van der Waals surface area contributed by atoms with Gasteiger partial charge in [0.15, 0.2) is 0 Å². The van der Waals surface area contributed by atoms with Gasteiger partial charge in [-0.05, 0) is 74.1 Å². The summed E-state index contributed by atoms with van der Waals surface area (Å²) in [7, 11) is 0. The van der Waals surface area contributed by atoms with Gasteiger partial charge in [0.25, 0.3) is 5.91 Å². The number of hydrogen-bond acceptors (Lipinski definition) is 1. The van der Waals surface area contributed by atoms with Crippen molar-refractivity contribution >= 4 is 23.6 Å². The minimum Gasteiger partial charge on any atom is -0.350 e. The first-order valence-electron chi connectivity index (χ1n) is 8.63. The minimum absolute atomic E-state index is 0.0224. The molecule has 2 rings (SSSR count). The summed E-state index contributed by atoms with van der Waals surface area (Å²) in [4.78, 5) is 12.2. The molecule has 1 N–H and O–H groups in total. The molecule has 0 radical (unpaired) electrons. The number of allylic oxidation sites excluding steroid dienone is 1. The van der Waals surface area contributed by atoms with Crippen LogP contribution in [0.1, 0.15) is 59.3 Å². The maximum Gasteiger partial charge on any atom is 0.251 e. The highest BCUT2D eigenvalue weighted by Gasteiger charge is 2.10. The zero-order chi connectivity index (χ0) is 18.6. The van der Waals surface area contributed by atoms with Crippen molar-refractivity contribution in [1.82, 2.24) is 5.32 Å². The molecule has 2 nitrogen and oxygen atoms in total. The van der Waals surface area contributed by atoms with E-state index in [2.05, 4.69) is 37.4 Å². The van der Waals surface area contributed by atoms with E-state index in [0.29, 0.717) is 0 Å². The quantitative estimate of drug-likeness (QED) is 0.709. The summed E-state index contributed by atoms with van der Waals surface area (Å²) in [6, 6.07) is 12.2. The minimum atomic E-state index is -0.0224. The van der Waals surface area contributed by atoms with Crippen molar-refractivity contribution in [3.05, 3.63) is 75.3 Å². The van der Waals surface area contributed by atoms with E-state index >= 15 is 0 Å². The van der Waals surface area contributed by atoms with Crippen molar-refractivity contribution in [3.63, 3.8) is 0 Å². The van der Waals surface area contributed by atoms with E-state index in [-0.39, 0.29) is 17.9 Å². The van der Waals surface area contributed by atoms with E-state index in [0.717, 1.165) is 21.7 Å². The fraction of sp³-hybridized carbons (Fsp3) is 0.318. The normalized spacial score (nSPS) is 12.6. The molecule has 0 heterocycles. The molecule has 0 saturated carbocycles. The van der Waals surface area contributed by atoms with Crippen LogP contribution in [0.25, 0.3) is 6.08 Å². The smallest absolute Gasteiger partial charge is 0.251 e. The Balaban J connectivity index is 2.15. The lowest BCUT2D eigenvalue weighted by Crippen LogP contribution is -2.30. The zero-order valence-electron chi connectivity index (χ0n) is 15.6. The fourth-order valence-corrected chi connectivity index (χ4v) is 3.08. The molecule has 3 heteroatoms.